The molecule has 0 rings (SSSR count). The van der Waals surface area contributed by atoms with E-state index < -0.39 is 0 Å². The molecule has 0 saturated carbocycles. The molecular weight excluding hydrogens is 170 g/mol. The van der Waals surface area contributed by atoms with Crippen LogP contribution in [0, 0.1) is 0 Å². The van der Waals surface area contributed by atoms with E-state index in [4.69, 9.17) is 4.74 Å². The van der Waals surface area contributed by atoms with Crippen molar-refractivity contribution in [2.45, 2.75) is 32.4 Å². The fraction of sp³-hybridized carbons (Fsp3) is 0.889. The molecule has 0 aromatic carbocycles. The lowest BCUT2D eigenvalue weighted by Crippen LogP contribution is -2.51. The van der Waals surface area contributed by atoms with Gasteiger partial charge in [-0.2, -0.15) is 0 Å². The second kappa shape index (κ2) is 5.19. The lowest BCUT2D eigenvalue weighted by Gasteiger charge is -2.28. The van der Waals surface area contributed by atoms with E-state index in [2.05, 4.69) is 10.1 Å². The third-order valence-corrected chi connectivity index (χ3v) is 1.67. The van der Waals surface area contributed by atoms with Gasteiger partial charge in [0, 0.05) is 12.6 Å². The van der Waals surface area contributed by atoms with E-state index in [0.29, 0.717) is 6.61 Å². The van der Waals surface area contributed by atoms with Crippen LogP contribution in [0.3, 0.4) is 0 Å². The van der Waals surface area contributed by atoms with Gasteiger partial charge in [0.15, 0.2) is 0 Å². The molecule has 1 unspecified atom stereocenters. The van der Waals surface area contributed by atoms with Crippen molar-refractivity contribution in [3.8, 4) is 0 Å². The van der Waals surface area contributed by atoms with E-state index in [1.165, 1.54) is 7.11 Å². The van der Waals surface area contributed by atoms with Gasteiger partial charge < -0.3 is 9.47 Å². The average Bonchev–Trinajstić information content (AvgIpc) is 2.01. The minimum Gasteiger partial charge on any atom is -0.468 e. The molecule has 4 heteroatoms. The van der Waals surface area contributed by atoms with Crippen LogP contribution < -0.4 is 5.32 Å². The quantitative estimate of drug-likeness (QED) is 0.642. The maximum absolute atomic E-state index is 11.1. The van der Waals surface area contributed by atoms with Crippen LogP contribution in [0.5, 0.6) is 0 Å². The van der Waals surface area contributed by atoms with E-state index in [9.17, 15) is 4.79 Å². The Kier molecular flexibility index (Phi) is 4.95. The standard InChI is InChI=1S/C9H19NO3/c1-7(8(11)13-5)10-9(2,3)6-12-4/h7,10H,6H2,1-5H3. The van der Waals surface area contributed by atoms with Crippen molar-refractivity contribution >= 4 is 5.97 Å². The topological polar surface area (TPSA) is 47.6 Å². The van der Waals surface area contributed by atoms with Crippen LogP contribution in [-0.2, 0) is 14.3 Å². The van der Waals surface area contributed by atoms with Gasteiger partial charge in [0.25, 0.3) is 0 Å². The molecule has 1 N–H and O–H groups in total. The highest BCUT2D eigenvalue weighted by Gasteiger charge is 2.23. The number of nitrogens with one attached hydrogen (secondary N) is 1. The van der Waals surface area contributed by atoms with Gasteiger partial charge in [0.1, 0.15) is 6.04 Å². The van der Waals surface area contributed by atoms with Crippen molar-refractivity contribution in [2.24, 2.45) is 0 Å². The number of carbonyl (C=O) groups is 1. The van der Waals surface area contributed by atoms with Gasteiger partial charge in [-0.1, -0.05) is 0 Å². The number of hydrogen-bond donors (Lipinski definition) is 1. The van der Waals surface area contributed by atoms with Gasteiger partial charge in [-0.15, -0.1) is 0 Å². The summed E-state index contributed by atoms with van der Waals surface area (Å²) in [6.07, 6.45) is 0. The Labute approximate surface area is 79.6 Å². The summed E-state index contributed by atoms with van der Waals surface area (Å²) in [6, 6.07) is -0.310. The molecule has 0 bridgehead atoms. The third kappa shape index (κ3) is 4.85. The van der Waals surface area contributed by atoms with E-state index in [1.807, 2.05) is 13.8 Å². The van der Waals surface area contributed by atoms with Gasteiger partial charge in [0.05, 0.1) is 13.7 Å². The largest absolute Gasteiger partial charge is 0.468 e. The van der Waals surface area contributed by atoms with E-state index in [0.717, 1.165) is 0 Å². The summed E-state index contributed by atoms with van der Waals surface area (Å²) in [4.78, 5) is 11.1. The normalized spacial score (nSPS) is 13.9. The maximum atomic E-state index is 11.1. The lowest BCUT2D eigenvalue weighted by molar-refractivity contribution is -0.143. The number of rotatable bonds is 5. The highest BCUT2D eigenvalue weighted by atomic mass is 16.5. The average molecular weight is 189 g/mol. The van der Waals surface area contributed by atoms with Crippen molar-refractivity contribution in [2.75, 3.05) is 20.8 Å². The number of esters is 1. The molecule has 0 aliphatic rings. The Bertz CT molecular complexity index is 168. The first kappa shape index (κ1) is 12.4. The predicted molar refractivity (Wildman–Crippen MR) is 50.6 cm³/mol. The van der Waals surface area contributed by atoms with Crippen LogP contribution >= 0.6 is 0 Å². The first-order valence-corrected chi connectivity index (χ1v) is 4.27. The molecule has 0 spiro atoms. The van der Waals surface area contributed by atoms with Gasteiger partial charge in [-0.3, -0.25) is 10.1 Å². The Hall–Kier alpha value is -0.610. The molecule has 0 fully saturated rings. The molecule has 0 aromatic heterocycles. The van der Waals surface area contributed by atoms with E-state index >= 15 is 0 Å². The minimum atomic E-state index is -0.310. The predicted octanol–water partition coefficient (Wildman–Crippen LogP) is 0.562. The van der Waals surface area contributed by atoms with Crippen molar-refractivity contribution in [1.29, 1.82) is 0 Å². The molecule has 1 atom stereocenters. The van der Waals surface area contributed by atoms with Gasteiger partial charge in [-0.25, -0.2) is 0 Å². The molecule has 0 radical (unpaired) electrons. The minimum absolute atomic E-state index is 0.220. The highest BCUT2D eigenvalue weighted by Crippen LogP contribution is 2.04. The molecule has 0 aromatic rings. The summed E-state index contributed by atoms with van der Waals surface area (Å²) in [5, 5.41) is 3.11. The Morgan fingerprint density at radius 3 is 2.38 bits per heavy atom. The molecule has 0 aliphatic heterocycles. The molecule has 13 heavy (non-hydrogen) atoms. The number of carbonyl (C=O) groups excluding carboxylic acids is 1. The van der Waals surface area contributed by atoms with Crippen LogP contribution in [0.4, 0.5) is 0 Å². The maximum Gasteiger partial charge on any atom is 0.322 e. The fourth-order valence-electron chi connectivity index (χ4n) is 1.22. The smallest absolute Gasteiger partial charge is 0.322 e. The molecular formula is C9H19NO3. The summed E-state index contributed by atoms with van der Waals surface area (Å²) < 4.78 is 9.60. The first-order chi connectivity index (χ1) is 5.93. The molecule has 0 saturated heterocycles. The lowest BCUT2D eigenvalue weighted by atomic mass is 10.1. The fourth-order valence-corrected chi connectivity index (χ4v) is 1.22. The third-order valence-electron chi connectivity index (χ3n) is 1.67. The van der Waals surface area contributed by atoms with Gasteiger partial charge in [-0.05, 0) is 20.8 Å². The summed E-state index contributed by atoms with van der Waals surface area (Å²) in [6.45, 7) is 6.25. The molecule has 0 aliphatic carbocycles. The molecule has 0 heterocycles. The van der Waals surface area contributed by atoms with Gasteiger partial charge in [0.2, 0.25) is 0 Å². The van der Waals surface area contributed by atoms with Crippen LogP contribution in [0.25, 0.3) is 0 Å². The summed E-state index contributed by atoms with van der Waals surface area (Å²) in [5.41, 5.74) is -0.220. The summed E-state index contributed by atoms with van der Waals surface area (Å²) in [5.74, 6) is -0.260. The molecule has 4 nitrogen and oxygen atoms in total. The van der Waals surface area contributed by atoms with Crippen molar-refractivity contribution in [3.63, 3.8) is 0 Å². The van der Waals surface area contributed by atoms with E-state index in [1.54, 1.807) is 14.0 Å². The van der Waals surface area contributed by atoms with E-state index in [-0.39, 0.29) is 17.6 Å². The summed E-state index contributed by atoms with van der Waals surface area (Å²) in [7, 11) is 3.01. The molecule has 78 valence electrons. The second-order valence-corrected chi connectivity index (χ2v) is 3.71. The van der Waals surface area contributed by atoms with Crippen molar-refractivity contribution < 1.29 is 14.3 Å². The first-order valence-electron chi connectivity index (χ1n) is 4.27. The summed E-state index contributed by atoms with van der Waals surface area (Å²) >= 11 is 0. The Morgan fingerprint density at radius 2 is 2.00 bits per heavy atom. The van der Waals surface area contributed by atoms with Crippen LogP contribution in [-0.4, -0.2) is 38.4 Å². The number of hydrogen-bond acceptors (Lipinski definition) is 4. The second-order valence-electron chi connectivity index (χ2n) is 3.71. The monoisotopic (exact) mass is 189 g/mol. The Morgan fingerprint density at radius 1 is 1.46 bits per heavy atom. The zero-order chi connectivity index (χ0) is 10.5. The van der Waals surface area contributed by atoms with Crippen LogP contribution in [0.2, 0.25) is 0 Å². The zero-order valence-electron chi connectivity index (χ0n) is 9.01. The van der Waals surface area contributed by atoms with Crippen molar-refractivity contribution in [3.05, 3.63) is 0 Å². The Balaban J connectivity index is 4.02. The zero-order valence-corrected chi connectivity index (χ0v) is 9.01. The number of methoxy groups -OCH3 is 2. The number of ether oxygens (including phenoxy) is 2. The SMILES string of the molecule is COCC(C)(C)NC(C)C(=O)OC. The molecule has 0 amide bonds. The van der Waals surface area contributed by atoms with Crippen molar-refractivity contribution in [1.82, 2.24) is 5.32 Å². The van der Waals surface area contributed by atoms with Crippen LogP contribution in [0.15, 0.2) is 0 Å². The van der Waals surface area contributed by atoms with Gasteiger partial charge >= 0.3 is 5.97 Å². The van der Waals surface area contributed by atoms with Crippen LogP contribution in [0.1, 0.15) is 20.8 Å². The highest BCUT2D eigenvalue weighted by molar-refractivity contribution is 5.75.